The number of amides is 1. The van der Waals surface area contributed by atoms with Crippen LogP contribution in [0.4, 0.5) is 5.69 Å². The molecule has 5 nitrogen and oxygen atoms in total. The van der Waals surface area contributed by atoms with Crippen LogP contribution in [0.1, 0.15) is 11.1 Å². The molecule has 0 aliphatic heterocycles. The number of hydrogen-bond acceptors (Lipinski definition) is 5. The van der Waals surface area contributed by atoms with Gasteiger partial charge in [-0.1, -0.05) is 41.9 Å². The molecule has 2 aromatic rings. The molecular formula is C19H23ClN2O3S2. The van der Waals surface area contributed by atoms with Crippen molar-refractivity contribution in [3.8, 4) is 0 Å². The quantitative estimate of drug-likeness (QED) is 0.600. The van der Waals surface area contributed by atoms with Crippen LogP contribution in [0.25, 0.3) is 0 Å². The Balaban J connectivity index is 1.75. The first-order valence-corrected chi connectivity index (χ1v) is 11.8. The zero-order chi connectivity index (χ0) is 19.9. The summed E-state index contributed by atoms with van der Waals surface area (Å²) in [5.41, 5.74) is 2.51. The number of thioether (sulfide) groups is 1. The molecule has 0 saturated carbocycles. The van der Waals surface area contributed by atoms with Gasteiger partial charge in [0.15, 0.2) is 9.84 Å². The van der Waals surface area contributed by atoms with Gasteiger partial charge in [-0.25, -0.2) is 8.42 Å². The maximum absolute atomic E-state index is 12.0. The van der Waals surface area contributed by atoms with Crippen LogP contribution in [-0.2, 0) is 20.4 Å². The highest BCUT2D eigenvalue weighted by molar-refractivity contribution is 7.98. The van der Waals surface area contributed by atoms with E-state index >= 15 is 0 Å². The minimum absolute atomic E-state index is 0.0899. The maximum atomic E-state index is 12.0. The lowest BCUT2D eigenvalue weighted by Gasteiger charge is -2.13. The molecule has 0 atom stereocenters. The molecular weight excluding hydrogens is 404 g/mol. The molecule has 0 fully saturated rings. The number of carbonyl (C=O) groups excluding carboxylic acids is 1. The monoisotopic (exact) mass is 426 g/mol. The molecule has 0 aliphatic carbocycles. The number of carbonyl (C=O) groups is 1. The third-order valence-electron chi connectivity index (χ3n) is 3.87. The summed E-state index contributed by atoms with van der Waals surface area (Å²) in [6, 6.07) is 13.3. The van der Waals surface area contributed by atoms with Crippen LogP contribution in [0.5, 0.6) is 0 Å². The molecule has 0 unspecified atom stereocenters. The average molecular weight is 427 g/mol. The smallest absolute Gasteiger partial charge is 0.239 e. The first-order chi connectivity index (χ1) is 12.8. The second kappa shape index (κ2) is 10.0. The highest BCUT2D eigenvalue weighted by atomic mass is 35.5. The fraction of sp³-hybridized carbons (Fsp3) is 0.316. The molecule has 2 aromatic carbocycles. The standard InChI is InChI=1S/C19H23ClN2O3S2/c1-14-16(8-9-17(19(14)20)27(2,24)25)22-12-18(23)21-10-11-26-13-15-6-4-3-5-7-15/h3-9,22H,10-13H2,1-2H3,(H,21,23). The number of sulfone groups is 1. The van der Waals surface area contributed by atoms with Gasteiger partial charge in [0.2, 0.25) is 5.91 Å². The van der Waals surface area contributed by atoms with E-state index in [1.54, 1.807) is 24.8 Å². The van der Waals surface area contributed by atoms with Crippen molar-refractivity contribution < 1.29 is 13.2 Å². The fourth-order valence-corrected chi connectivity index (χ4v) is 4.60. The zero-order valence-corrected chi connectivity index (χ0v) is 17.7. The van der Waals surface area contributed by atoms with Crippen LogP contribution < -0.4 is 10.6 Å². The molecule has 2 N–H and O–H groups in total. The molecule has 0 saturated heterocycles. The summed E-state index contributed by atoms with van der Waals surface area (Å²) >= 11 is 7.91. The van der Waals surface area contributed by atoms with Gasteiger partial charge in [-0.3, -0.25) is 4.79 Å². The Kier molecular flexibility index (Phi) is 8.01. The summed E-state index contributed by atoms with van der Waals surface area (Å²) < 4.78 is 23.3. The largest absolute Gasteiger partial charge is 0.376 e. The second-order valence-electron chi connectivity index (χ2n) is 6.06. The van der Waals surface area contributed by atoms with Crippen molar-refractivity contribution in [3.63, 3.8) is 0 Å². The number of hydrogen-bond donors (Lipinski definition) is 2. The third-order valence-corrected chi connectivity index (χ3v) is 6.64. The highest BCUT2D eigenvalue weighted by Crippen LogP contribution is 2.30. The lowest BCUT2D eigenvalue weighted by Crippen LogP contribution is -2.31. The van der Waals surface area contributed by atoms with Gasteiger partial charge in [0.25, 0.3) is 0 Å². The summed E-state index contributed by atoms with van der Waals surface area (Å²) in [7, 11) is -3.38. The van der Waals surface area contributed by atoms with Crippen LogP contribution >= 0.6 is 23.4 Å². The van der Waals surface area contributed by atoms with Crippen molar-refractivity contribution in [3.05, 3.63) is 58.6 Å². The van der Waals surface area contributed by atoms with Gasteiger partial charge in [-0.2, -0.15) is 11.8 Å². The van der Waals surface area contributed by atoms with Gasteiger partial charge < -0.3 is 10.6 Å². The average Bonchev–Trinajstić information content (AvgIpc) is 2.62. The normalized spacial score (nSPS) is 11.2. The Morgan fingerprint density at radius 1 is 1.15 bits per heavy atom. The minimum atomic E-state index is -3.38. The first-order valence-electron chi connectivity index (χ1n) is 8.40. The number of halogens is 1. The van der Waals surface area contributed by atoms with Crippen molar-refractivity contribution in [2.45, 2.75) is 17.6 Å². The number of nitrogens with one attached hydrogen (secondary N) is 2. The maximum Gasteiger partial charge on any atom is 0.239 e. The zero-order valence-electron chi connectivity index (χ0n) is 15.3. The van der Waals surface area contributed by atoms with Crippen LogP contribution in [0.3, 0.4) is 0 Å². The molecule has 0 aromatic heterocycles. The highest BCUT2D eigenvalue weighted by Gasteiger charge is 2.16. The molecule has 0 radical (unpaired) electrons. The van der Waals surface area contributed by atoms with E-state index in [9.17, 15) is 13.2 Å². The fourth-order valence-electron chi connectivity index (χ4n) is 2.40. The predicted molar refractivity (Wildman–Crippen MR) is 113 cm³/mol. The van der Waals surface area contributed by atoms with E-state index in [-0.39, 0.29) is 22.4 Å². The molecule has 1 amide bonds. The van der Waals surface area contributed by atoms with Crippen LogP contribution in [-0.4, -0.2) is 39.4 Å². The van der Waals surface area contributed by atoms with Gasteiger partial charge in [0.05, 0.1) is 16.5 Å². The number of benzene rings is 2. The second-order valence-corrected chi connectivity index (χ2v) is 9.53. The van der Waals surface area contributed by atoms with Crippen molar-refractivity contribution in [1.82, 2.24) is 5.32 Å². The Morgan fingerprint density at radius 2 is 1.85 bits per heavy atom. The van der Waals surface area contributed by atoms with Crippen molar-refractivity contribution in [1.29, 1.82) is 0 Å². The van der Waals surface area contributed by atoms with Crippen molar-refractivity contribution in [2.24, 2.45) is 0 Å². The lowest BCUT2D eigenvalue weighted by atomic mass is 10.2. The van der Waals surface area contributed by atoms with Gasteiger partial charge >= 0.3 is 0 Å². The summed E-state index contributed by atoms with van der Waals surface area (Å²) in [6.07, 6.45) is 1.12. The van der Waals surface area contributed by atoms with E-state index in [0.29, 0.717) is 17.8 Å². The minimum Gasteiger partial charge on any atom is -0.376 e. The van der Waals surface area contributed by atoms with Gasteiger partial charge in [0.1, 0.15) is 0 Å². The van der Waals surface area contributed by atoms with Crippen molar-refractivity contribution in [2.75, 3.05) is 30.4 Å². The number of anilines is 1. The van der Waals surface area contributed by atoms with Gasteiger partial charge in [-0.05, 0) is 30.2 Å². The number of rotatable bonds is 9. The molecule has 0 bridgehead atoms. The van der Waals surface area contributed by atoms with Gasteiger partial charge in [0, 0.05) is 30.0 Å². The van der Waals surface area contributed by atoms with E-state index in [1.165, 1.54) is 11.6 Å². The van der Waals surface area contributed by atoms with Crippen molar-refractivity contribution >= 4 is 44.8 Å². The van der Waals surface area contributed by atoms with E-state index in [4.69, 9.17) is 11.6 Å². The lowest BCUT2D eigenvalue weighted by molar-refractivity contribution is -0.119. The van der Waals surface area contributed by atoms with Gasteiger partial charge in [-0.15, -0.1) is 0 Å². The topological polar surface area (TPSA) is 75.3 Å². The molecule has 0 aliphatic rings. The Morgan fingerprint density at radius 3 is 2.52 bits per heavy atom. The predicted octanol–water partition coefficient (Wildman–Crippen LogP) is 3.51. The van der Waals surface area contributed by atoms with E-state index in [0.717, 1.165) is 17.8 Å². The first kappa shape index (κ1) is 21.6. The molecule has 27 heavy (non-hydrogen) atoms. The Bertz CT molecular complexity index is 887. The van der Waals surface area contributed by atoms with Crippen LogP contribution in [0, 0.1) is 6.92 Å². The molecule has 0 heterocycles. The SMILES string of the molecule is Cc1c(NCC(=O)NCCSCc2ccccc2)ccc(S(C)(=O)=O)c1Cl. The Hall–Kier alpha value is -1.70. The summed E-state index contributed by atoms with van der Waals surface area (Å²) in [5.74, 6) is 1.62. The Labute approximate surface area is 169 Å². The summed E-state index contributed by atoms with van der Waals surface area (Å²) in [5, 5.41) is 6.04. The summed E-state index contributed by atoms with van der Waals surface area (Å²) in [4.78, 5) is 12.1. The van der Waals surface area contributed by atoms with E-state index < -0.39 is 9.84 Å². The third kappa shape index (κ3) is 6.75. The summed E-state index contributed by atoms with van der Waals surface area (Å²) in [6.45, 7) is 2.40. The van der Waals surface area contributed by atoms with Crippen LogP contribution in [0.15, 0.2) is 47.4 Å². The van der Waals surface area contributed by atoms with E-state index in [1.807, 2.05) is 18.2 Å². The molecule has 0 spiro atoms. The molecule has 8 heteroatoms. The van der Waals surface area contributed by atoms with Crippen LogP contribution in [0.2, 0.25) is 5.02 Å². The van der Waals surface area contributed by atoms with E-state index in [2.05, 4.69) is 22.8 Å². The molecule has 146 valence electrons. The molecule has 2 rings (SSSR count).